The van der Waals surface area contributed by atoms with Crippen molar-refractivity contribution in [2.24, 2.45) is 5.41 Å². The molecule has 98 valence electrons. The maximum Gasteiger partial charge on any atom is 0.251 e. The highest BCUT2D eigenvalue weighted by atomic mass is 16.3. The number of carbonyl (C=O) groups excluding carboxylic acids is 1. The normalized spacial score (nSPS) is 26.4. The van der Waals surface area contributed by atoms with Crippen molar-refractivity contribution >= 4 is 5.91 Å². The summed E-state index contributed by atoms with van der Waals surface area (Å²) >= 11 is 0. The molecule has 0 radical (unpaired) electrons. The van der Waals surface area contributed by atoms with Crippen molar-refractivity contribution in [1.29, 1.82) is 0 Å². The van der Waals surface area contributed by atoms with Crippen LogP contribution < -0.4 is 0 Å². The number of hydrogen-bond donors (Lipinski definition) is 1. The Morgan fingerprint density at radius 2 is 1.88 bits per heavy atom. The average Bonchev–Trinajstić information content (AvgIpc) is 2.70. The molecule has 4 heteroatoms. The molecule has 1 N–H and O–H groups in total. The topological polar surface area (TPSA) is 43.8 Å². The Morgan fingerprint density at radius 1 is 1.29 bits per heavy atom. The largest absolute Gasteiger partial charge is 0.383 e. The summed E-state index contributed by atoms with van der Waals surface area (Å²) in [6.07, 6.45) is 3.18. The van der Waals surface area contributed by atoms with Crippen LogP contribution >= 0.6 is 0 Å². The molecule has 1 amide bonds. The van der Waals surface area contributed by atoms with Crippen molar-refractivity contribution in [3.05, 3.63) is 0 Å². The number of piperidine rings is 1. The van der Waals surface area contributed by atoms with Crippen LogP contribution in [0.4, 0.5) is 0 Å². The van der Waals surface area contributed by atoms with Gasteiger partial charge in [-0.05, 0) is 44.7 Å². The number of amides is 1. The van der Waals surface area contributed by atoms with Gasteiger partial charge in [0.25, 0.3) is 5.91 Å². The number of rotatable bonds is 2. The molecule has 2 fully saturated rings. The van der Waals surface area contributed by atoms with Gasteiger partial charge in [0.05, 0.1) is 0 Å². The highest BCUT2D eigenvalue weighted by Gasteiger charge is 2.40. The molecule has 0 saturated carbocycles. The predicted molar refractivity (Wildman–Crippen MR) is 66.7 cm³/mol. The van der Waals surface area contributed by atoms with E-state index >= 15 is 0 Å². The van der Waals surface area contributed by atoms with Gasteiger partial charge in [0.2, 0.25) is 0 Å². The van der Waals surface area contributed by atoms with Gasteiger partial charge in [-0.2, -0.15) is 0 Å². The summed E-state index contributed by atoms with van der Waals surface area (Å²) in [4.78, 5) is 16.1. The fourth-order valence-electron chi connectivity index (χ4n) is 3.15. The molecule has 0 aliphatic carbocycles. The fourth-order valence-corrected chi connectivity index (χ4v) is 3.15. The molecule has 2 saturated heterocycles. The molecule has 0 aromatic carbocycles. The van der Waals surface area contributed by atoms with Crippen molar-refractivity contribution in [1.82, 2.24) is 9.80 Å². The van der Waals surface area contributed by atoms with Crippen molar-refractivity contribution in [3.63, 3.8) is 0 Å². The minimum atomic E-state index is -0.796. The number of aliphatic hydroxyl groups is 1. The van der Waals surface area contributed by atoms with E-state index in [0.29, 0.717) is 11.8 Å². The minimum absolute atomic E-state index is 0.0753. The van der Waals surface area contributed by atoms with E-state index in [1.165, 1.54) is 19.5 Å². The summed E-state index contributed by atoms with van der Waals surface area (Å²) in [5.74, 6) is -0.0753. The van der Waals surface area contributed by atoms with Gasteiger partial charge in [-0.15, -0.1) is 0 Å². The third kappa shape index (κ3) is 2.63. The first-order valence-electron chi connectivity index (χ1n) is 6.72. The lowest BCUT2D eigenvalue weighted by atomic mass is 9.77. The van der Waals surface area contributed by atoms with E-state index in [1.54, 1.807) is 0 Å². The molecule has 2 aliphatic rings. The maximum absolute atomic E-state index is 11.9. The van der Waals surface area contributed by atoms with E-state index in [2.05, 4.69) is 11.9 Å². The first-order valence-corrected chi connectivity index (χ1v) is 6.72. The maximum atomic E-state index is 11.9. The summed E-state index contributed by atoms with van der Waals surface area (Å²) in [5, 5.41) is 9.58. The molecule has 0 aromatic heterocycles. The van der Waals surface area contributed by atoms with E-state index in [0.717, 1.165) is 25.9 Å². The van der Waals surface area contributed by atoms with E-state index < -0.39 is 6.10 Å². The van der Waals surface area contributed by atoms with E-state index in [1.807, 2.05) is 11.8 Å². The first-order chi connectivity index (χ1) is 8.06. The molecule has 1 atom stereocenters. The zero-order valence-corrected chi connectivity index (χ0v) is 11.0. The Hall–Kier alpha value is -0.610. The lowest BCUT2D eigenvalue weighted by Crippen LogP contribution is -2.47. The zero-order chi connectivity index (χ0) is 12.5. The Morgan fingerprint density at radius 3 is 2.35 bits per heavy atom. The van der Waals surface area contributed by atoms with Crippen molar-refractivity contribution in [2.75, 3.05) is 33.2 Å². The molecule has 2 rings (SSSR count). The second-order valence-corrected chi connectivity index (χ2v) is 5.74. The Bertz CT molecular complexity index is 285. The molecule has 0 unspecified atom stereocenters. The number of aliphatic hydroxyl groups excluding tert-OH is 1. The molecule has 0 bridgehead atoms. The molecule has 17 heavy (non-hydrogen) atoms. The fraction of sp³-hybridized carbons (Fsp3) is 0.923. The van der Waals surface area contributed by atoms with Crippen molar-refractivity contribution in [3.8, 4) is 0 Å². The molecule has 1 spiro atoms. The van der Waals surface area contributed by atoms with Crippen molar-refractivity contribution < 1.29 is 9.90 Å². The number of nitrogens with zero attached hydrogens (tertiary/aromatic N) is 2. The lowest BCUT2D eigenvalue weighted by molar-refractivity contribution is -0.142. The van der Waals surface area contributed by atoms with Gasteiger partial charge in [0, 0.05) is 19.6 Å². The van der Waals surface area contributed by atoms with Gasteiger partial charge in [-0.1, -0.05) is 6.92 Å². The van der Waals surface area contributed by atoms with E-state index in [-0.39, 0.29) is 5.91 Å². The van der Waals surface area contributed by atoms with E-state index in [9.17, 15) is 9.90 Å². The quantitative estimate of drug-likeness (QED) is 0.773. The van der Waals surface area contributed by atoms with Gasteiger partial charge in [-0.25, -0.2) is 0 Å². The van der Waals surface area contributed by atoms with Gasteiger partial charge >= 0.3 is 0 Å². The summed E-state index contributed by atoms with van der Waals surface area (Å²) in [6, 6.07) is 0. The summed E-state index contributed by atoms with van der Waals surface area (Å²) in [5.41, 5.74) is 0.447. The first kappa shape index (κ1) is 12.8. The number of likely N-dealkylation sites (tertiary alicyclic amines) is 2. The van der Waals surface area contributed by atoms with Crippen molar-refractivity contribution in [2.45, 2.75) is 38.7 Å². The molecule has 2 heterocycles. The Balaban J connectivity index is 1.88. The van der Waals surface area contributed by atoms with Crippen LogP contribution in [0.5, 0.6) is 0 Å². The Kier molecular flexibility index (Phi) is 3.73. The van der Waals surface area contributed by atoms with Crippen LogP contribution in [0.2, 0.25) is 0 Å². The van der Waals surface area contributed by atoms with Gasteiger partial charge in [-0.3, -0.25) is 4.79 Å². The highest BCUT2D eigenvalue weighted by Crippen LogP contribution is 2.39. The monoisotopic (exact) mass is 240 g/mol. The van der Waals surface area contributed by atoms with Crippen LogP contribution in [-0.4, -0.2) is 60.1 Å². The Labute approximate surface area is 104 Å². The third-order valence-corrected chi connectivity index (χ3v) is 4.44. The smallest absolute Gasteiger partial charge is 0.251 e. The van der Waals surface area contributed by atoms with Gasteiger partial charge in [0.1, 0.15) is 6.10 Å². The van der Waals surface area contributed by atoms with Crippen LogP contribution in [0.25, 0.3) is 0 Å². The summed E-state index contributed by atoms with van der Waals surface area (Å²) in [7, 11) is 2.17. The third-order valence-electron chi connectivity index (χ3n) is 4.44. The van der Waals surface area contributed by atoms with Crippen LogP contribution in [0.3, 0.4) is 0 Å². The number of carbonyl (C=O) groups is 1. The molecular formula is C13H24N2O2. The molecule has 0 aromatic rings. The highest BCUT2D eigenvalue weighted by molar-refractivity contribution is 5.80. The predicted octanol–water partition coefficient (Wildman–Crippen LogP) is 0.702. The lowest BCUT2D eigenvalue weighted by Gasteiger charge is -2.39. The van der Waals surface area contributed by atoms with Crippen LogP contribution in [-0.2, 0) is 4.79 Å². The molecular weight excluding hydrogens is 216 g/mol. The van der Waals surface area contributed by atoms with Gasteiger partial charge in [0.15, 0.2) is 0 Å². The van der Waals surface area contributed by atoms with Crippen LogP contribution in [0, 0.1) is 5.41 Å². The van der Waals surface area contributed by atoms with Crippen LogP contribution in [0.15, 0.2) is 0 Å². The standard InChI is InChI=1S/C13H24N2O2/c1-3-11(16)12(17)15-8-5-13(6-9-15)4-7-14(2)10-13/h11,16H,3-10H2,1-2H3/t11-/m0/s1. The number of hydrogen-bond acceptors (Lipinski definition) is 3. The summed E-state index contributed by atoms with van der Waals surface area (Å²) < 4.78 is 0. The summed E-state index contributed by atoms with van der Waals surface area (Å²) in [6.45, 7) is 5.85. The second-order valence-electron chi connectivity index (χ2n) is 5.74. The van der Waals surface area contributed by atoms with Gasteiger partial charge < -0.3 is 14.9 Å². The minimum Gasteiger partial charge on any atom is -0.383 e. The van der Waals surface area contributed by atoms with Crippen LogP contribution in [0.1, 0.15) is 32.6 Å². The SMILES string of the molecule is CC[C@H](O)C(=O)N1CCC2(CCN(C)C2)CC1. The molecule has 2 aliphatic heterocycles. The zero-order valence-electron chi connectivity index (χ0n) is 11.0. The molecule has 4 nitrogen and oxygen atoms in total. The van der Waals surface area contributed by atoms with E-state index in [4.69, 9.17) is 0 Å². The second kappa shape index (κ2) is 4.94. The average molecular weight is 240 g/mol.